The Labute approximate surface area is 212 Å². The van der Waals surface area contributed by atoms with Crippen molar-refractivity contribution in [2.45, 2.75) is 45.1 Å². The molecule has 2 aromatic carbocycles. The number of nitrogens with one attached hydrogen (secondary N) is 1. The number of hydrogen-bond donors (Lipinski definition) is 2. The normalized spacial score (nSPS) is 18.9. The van der Waals surface area contributed by atoms with E-state index in [1.54, 1.807) is 30.3 Å². The Balaban J connectivity index is 1.55. The van der Waals surface area contributed by atoms with Crippen molar-refractivity contribution in [1.82, 2.24) is 15.2 Å². The molecule has 0 spiro atoms. The number of amides is 1. The standard InChI is InChI=1S/C27H28F4N4O2/c1-15-13-35(14-16(2)34-15)26(36)19-9-7-18(8-10-19)20-11-23(25(32)33-12-20)37-17(3)21-5-4-6-22(28)24(21)27(29,30)31/h4-12,15-17,34H,13-14H2,1-3H3,(H2,32,33)/t15-,16+,17?. The maximum atomic E-state index is 14.0. The van der Waals surface area contributed by atoms with E-state index in [4.69, 9.17) is 10.5 Å². The molecule has 3 N–H and O–H groups in total. The molecule has 1 amide bonds. The molecular formula is C27H28F4N4O2. The number of carbonyl (C=O) groups is 1. The van der Waals surface area contributed by atoms with Crippen LogP contribution in [0.5, 0.6) is 5.75 Å². The minimum Gasteiger partial charge on any atom is -0.482 e. The first-order chi connectivity index (χ1) is 17.4. The van der Waals surface area contributed by atoms with E-state index in [9.17, 15) is 22.4 Å². The van der Waals surface area contributed by atoms with E-state index < -0.39 is 23.7 Å². The summed E-state index contributed by atoms with van der Waals surface area (Å²) in [6.07, 6.45) is -4.54. The third-order valence-corrected chi connectivity index (χ3v) is 6.26. The van der Waals surface area contributed by atoms with Crippen LogP contribution in [0.15, 0.2) is 54.7 Å². The van der Waals surface area contributed by atoms with Gasteiger partial charge in [-0.3, -0.25) is 4.79 Å². The molecule has 0 saturated carbocycles. The van der Waals surface area contributed by atoms with Gasteiger partial charge in [-0.2, -0.15) is 13.2 Å². The van der Waals surface area contributed by atoms with Gasteiger partial charge in [-0.25, -0.2) is 9.37 Å². The molecule has 3 aromatic rings. The van der Waals surface area contributed by atoms with Gasteiger partial charge in [0.05, 0.1) is 5.56 Å². The number of nitrogens with two attached hydrogens (primary N) is 1. The molecule has 0 radical (unpaired) electrons. The Morgan fingerprint density at radius 2 is 1.76 bits per heavy atom. The highest BCUT2D eigenvalue weighted by Gasteiger charge is 2.38. The van der Waals surface area contributed by atoms with E-state index in [0.29, 0.717) is 29.8 Å². The molecule has 6 nitrogen and oxygen atoms in total. The number of carbonyl (C=O) groups excluding carboxylic acids is 1. The first-order valence-corrected chi connectivity index (χ1v) is 11.9. The summed E-state index contributed by atoms with van der Waals surface area (Å²) in [7, 11) is 0. The SMILES string of the molecule is CC(Oc1cc(-c2ccc(C(=O)N3C[C@@H](C)N[C@@H](C)C3)cc2)cnc1N)c1cccc(F)c1C(F)(F)F. The monoisotopic (exact) mass is 516 g/mol. The summed E-state index contributed by atoms with van der Waals surface area (Å²) in [4.78, 5) is 18.9. The van der Waals surface area contributed by atoms with Gasteiger partial charge < -0.3 is 20.7 Å². The second-order valence-electron chi connectivity index (χ2n) is 9.33. The Bertz CT molecular complexity index is 1270. The molecule has 2 heterocycles. The Hall–Kier alpha value is -3.66. The zero-order chi connectivity index (χ0) is 26.9. The Kier molecular flexibility index (Phi) is 7.40. The van der Waals surface area contributed by atoms with Crippen LogP contribution < -0.4 is 15.8 Å². The highest BCUT2D eigenvalue weighted by atomic mass is 19.4. The molecule has 37 heavy (non-hydrogen) atoms. The zero-order valence-corrected chi connectivity index (χ0v) is 20.6. The van der Waals surface area contributed by atoms with Crippen molar-refractivity contribution in [3.8, 4) is 16.9 Å². The van der Waals surface area contributed by atoms with Crippen LogP contribution in [0.3, 0.4) is 0 Å². The van der Waals surface area contributed by atoms with E-state index in [2.05, 4.69) is 10.3 Å². The predicted octanol–water partition coefficient (Wildman–Crippen LogP) is 5.45. The van der Waals surface area contributed by atoms with E-state index >= 15 is 0 Å². The lowest BCUT2D eigenvalue weighted by atomic mass is 10.0. The lowest BCUT2D eigenvalue weighted by Gasteiger charge is -2.36. The summed E-state index contributed by atoms with van der Waals surface area (Å²) in [5.41, 5.74) is 6.05. The van der Waals surface area contributed by atoms with Gasteiger partial charge in [0.1, 0.15) is 11.9 Å². The molecule has 1 aromatic heterocycles. The van der Waals surface area contributed by atoms with Crippen LogP contribution in [-0.2, 0) is 6.18 Å². The molecule has 1 unspecified atom stereocenters. The lowest BCUT2D eigenvalue weighted by molar-refractivity contribution is -0.141. The summed E-state index contributed by atoms with van der Waals surface area (Å²) in [5, 5.41) is 3.40. The molecule has 196 valence electrons. The van der Waals surface area contributed by atoms with Gasteiger partial charge in [0.15, 0.2) is 11.6 Å². The average Bonchev–Trinajstić information content (AvgIpc) is 2.83. The highest BCUT2D eigenvalue weighted by Crippen LogP contribution is 2.38. The summed E-state index contributed by atoms with van der Waals surface area (Å²) in [6.45, 7) is 6.69. The Morgan fingerprint density at radius 3 is 2.38 bits per heavy atom. The fourth-order valence-corrected chi connectivity index (χ4v) is 4.62. The summed E-state index contributed by atoms with van der Waals surface area (Å²) < 4.78 is 60.1. The number of benzene rings is 2. The first-order valence-electron chi connectivity index (χ1n) is 11.9. The number of nitrogens with zero attached hydrogens (tertiary/aromatic N) is 2. The van der Waals surface area contributed by atoms with E-state index in [0.717, 1.165) is 6.07 Å². The molecule has 1 fully saturated rings. The topological polar surface area (TPSA) is 80.5 Å². The van der Waals surface area contributed by atoms with Crippen LogP contribution in [-0.4, -0.2) is 41.0 Å². The van der Waals surface area contributed by atoms with Crippen LogP contribution in [0.2, 0.25) is 0 Å². The third-order valence-electron chi connectivity index (χ3n) is 6.26. The molecule has 4 rings (SSSR count). The van der Waals surface area contributed by atoms with Crippen molar-refractivity contribution < 1.29 is 27.1 Å². The van der Waals surface area contributed by atoms with Gasteiger partial charge >= 0.3 is 6.18 Å². The van der Waals surface area contributed by atoms with E-state index in [1.165, 1.54) is 25.3 Å². The van der Waals surface area contributed by atoms with Gasteiger partial charge in [-0.05, 0) is 50.6 Å². The minimum atomic E-state index is -4.89. The summed E-state index contributed by atoms with van der Waals surface area (Å²) >= 11 is 0. The van der Waals surface area contributed by atoms with Crippen LogP contribution in [0.25, 0.3) is 11.1 Å². The van der Waals surface area contributed by atoms with Crippen LogP contribution in [0, 0.1) is 5.82 Å². The lowest BCUT2D eigenvalue weighted by Crippen LogP contribution is -2.55. The highest BCUT2D eigenvalue weighted by molar-refractivity contribution is 5.95. The van der Waals surface area contributed by atoms with Crippen molar-refractivity contribution >= 4 is 11.7 Å². The van der Waals surface area contributed by atoms with Gasteiger partial charge in [0.25, 0.3) is 5.91 Å². The molecular weight excluding hydrogens is 488 g/mol. The second kappa shape index (κ2) is 10.4. The van der Waals surface area contributed by atoms with Crippen molar-refractivity contribution in [3.05, 3.63) is 77.2 Å². The Morgan fingerprint density at radius 1 is 1.11 bits per heavy atom. The largest absolute Gasteiger partial charge is 0.482 e. The van der Waals surface area contributed by atoms with E-state index in [-0.39, 0.29) is 35.1 Å². The van der Waals surface area contributed by atoms with Gasteiger partial charge in [0.2, 0.25) is 0 Å². The zero-order valence-electron chi connectivity index (χ0n) is 20.6. The van der Waals surface area contributed by atoms with Crippen LogP contribution in [0.1, 0.15) is 48.4 Å². The number of aromatic nitrogens is 1. The van der Waals surface area contributed by atoms with Gasteiger partial charge in [-0.1, -0.05) is 24.3 Å². The second-order valence-corrected chi connectivity index (χ2v) is 9.33. The number of nitrogen functional groups attached to an aromatic ring is 1. The predicted molar refractivity (Wildman–Crippen MR) is 132 cm³/mol. The minimum absolute atomic E-state index is 0.0192. The maximum Gasteiger partial charge on any atom is 0.419 e. The van der Waals surface area contributed by atoms with Gasteiger partial charge in [-0.15, -0.1) is 0 Å². The molecule has 1 saturated heterocycles. The first kappa shape index (κ1) is 26.4. The quantitative estimate of drug-likeness (QED) is 0.441. The molecule has 1 aliphatic rings. The fraction of sp³-hybridized carbons (Fsp3) is 0.333. The molecule has 3 atom stereocenters. The number of piperazine rings is 1. The number of ether oxygens (including phenoxy) is 1. The third kappa shape index (κ3) is 5.85. The number of halogens is 4. The molecule has 0 bridgehead atoms. The fourth-order valence-electron chi connectivity index (χ4n) is 4.62. The molecule has 1 aliphatic heterocycles. The van der Waals surface area contributed by atoms with Gasteiger partial charge in [0, 0.05) is 48.1 Å². The number of rotatable bonds is 5. The number of anilines is 1. The van der Waals surface area contributed by atoms with Crippen molar-refractivity contribution in [1.29, 1.82) is 0 Å². The van der Waals surface area contributed by atoms with Crippen molar-refractivity contribution in [2.24, 2.45) is 0 Å². The number of hydrogen-bond acceptors (Lipinski definition) is 5. The summed E-state index contributed by atoms with van der Waals surface area (Å²) in [6, 6.07) is 12.0. The smallest absolute Gasteiger partial charge is 0.419 e. The molecule has 10 heteroatoms. The van der Waals surface area contributed by atoms with Crippen molar-refractivity contribution in [3.63, 3.8) is 0 Å². The molecule has 0 aliphatic carbocycles. The van der Waals surface area contributed by atoms with Crippen LogP contribution >= 0.6 is 0 Å². The van der Waals surface area contributed by atoms with Crippen LogP contribution in [0.4, 0.5) is 23.4 Å². The van der Waals surface area contributed by atoms with E-state index in [1.807, 2.05) is 18.7 Å². The summed E-state index contributed by atoms with van der Waals surface area (Å²) in [5.74, 6) is -1.39. The maximum absolute atomic E-state index is 14.0. The average molecular weight is 517 g/mol. The number of alkyl halides is 3. The van der Waals surface area contributed by atoms with Crippen molar-refractivity contribution in [2.75, 3.05) is 18.8 Å². The number of pyridine rings is 1.